The minimum Gasteiger partial charge on any atom is -0.496 e. The molecule has 0 saturated carbocycles. The lowest BCUT2D eigenvalue weighted by atomic mass is 10.1. The first kappa shape index (κ1) is 15.8. The number of rotatable bonds is 6. The molecule has 3 unspecified atom stereocenters. The second-order valence-corrected chi connectivity index (χ2v) is 5.77. The van der Waals surface area contributed by atoms with Gasteiger partial charge in [-0.15, -0.1) is 0 Å². The van der Waals surface area contributed by atoms with Crippen LogP contribution in [0.1, 0.15) is 51.8 Å². The highest BCUT2D eigenvalue weighted by Gasteiger charge is 2.40. The van der Waals surface area contributed by atoms with Crippen molar-refractivity contribution in [2.45, 2.75) is 58.3 Å². The molecule has 2 rings (SSSR count). The van der Waals surface area contributed by atoms with Crippen LogP contribution in [0.25, 0.3) is 0 Å². The Kier molecular flexibility index (Phi) is 5.23. The number of nitrogens with one attached hydrogen (secondary N) is 1. The number of methoxy groups -OCH3 is 1. The smallest absolute Gasteiger partial charge is 0.241 e. The van der Waals surface area contributed by atoms with Crippen molar-refractivity contribution < 1.29 is 9.53 Å². The summed E-state index contributed by atoms with van der Waals surface area (Å²) < 4.78 is 5.46. The quantitative estimate of drug-likeness (QED) is 0.875. The highest BCUT2D eigenvalue weighted by molar-refractivity contribution is 5.84. The Bertz CT molecular complexity index is 489. The van der Waals surface area contributed by atoms with Crippen LogP contribution in [0.2, 0.25) is 0 Å². The molecule has 1 fully saturated rings. The van der Waals surface area contributed by atoms with Crippen LogP contribution in [-0.2, 0) is 4.79 Å². The lowest BCUT2D eigenvalue weighted by molar-refractivity contribution is -0.131. The van der Waals surface area contributed by atoms with Crippen LogP contribution in [0, 0.1) is 0 Å². The van der Waals surface area contributed by atoms with Crippen LogP contribution in [0.3, 0.4) is 0 Å². The molecular weight excluding hydrogens is 264 g/mol. The number of amides is 1. The first-order valence-electron chi connectivity index (χ1n) is 7.81. The molecule has 3 atom stereocenters. The Hall–Kier alpha value is -1.55. The number of unbranched alkanes of at least 4 members (excludes halogenated alkanes) is 1. The number of hydrogen-bond donors (Lipinski definition) is 1. The van der Waals surface area contributed by atoms with Gasteiger partial charge in [0.25, 0.3) is 0 Å². The summed E-state index contributed by atoms with van der Waals surface area (Å²) in [7, 11) is 1.67. The summed E-state index contributed by atoms with van der Waals surface area (Å²) in [5.41, 5.74) is 1.03. The second kappa shape index (κ2) is 6.94. The number of ether oxygens (including phenoxy) is 1. The average Bonchev–Trinajstić information content (AvgIpc) is 2.80. The molecule has 0 aromatic heterocycles. The van der Waals surface area contributed by atoms with E-state index in [9.17, 15) is 4.79 Å². The van der Waals surface area contributed by atoms with Gasteiger partial charge in [0, 0.05) is 11.6 Å². The molecule has 0 radical (unpaired) electrons. The van der Waals surface area contributed by atoms with Crippen LogP contribution in [-0.4, -0.2) is 30.0 Å². The molecule has 1 amide bonds. The minimum atomic E-state index is -0.149. The van der Waals surface area contributed by atoms with Gasteiger partial charge in [0.1, 0.15) is 11.9 Å². The molecule has 1 heterocycles. The third-order valence-electron chi connectivity index (χ3n) is 4.19. The summed E-state index contributed by atoms with van der Waals surface area (Å²) in [6.07, 6.45) is 3.21. The largest absolute Gasteiger partial charge is 0.496 e. The van der Waals surface area contributed by atoms with Gasteiger partial charge in [0.2, 0.25) is 5.91 Å². The molecule has 116 valence electrons. The van der Waals surface area contributed by atoms with Gasteiger partial charge in [-0.2, -0.15) is 0 Å². The van der Waals surface area contributed by atoms with E-state index >= 15 is 0 Å². The predicted octanol–water partition coefficient (Wildman–Crippen LogP) is 3.09. The topological polar surface area (TPSA) is 41.6 Å². The Labute approximate surface area is 127 Å². The normalized spacial score (nSPS) is 23.4. The highest BCUT2D eigenvalue weighted by Crippen LogP contribution is 2.34. The van der Waals surface area contributed by atoms with Crippen molar-refractivity contribution in [3.05, 3.63) is 29.8 Å². The molecule has 1 aliphatic heterocycles. The molecule has 4 nitrogen and oxygen atoms in total. The molecule has 21 heavy (non-hydrogen) atoms. The van der Waals surface area contributed by atoms with Gasteiger partial charge >= 0.3 is 0 Å². The summed E-state index contributed by atoms with van der Waals surface area (Å²) in [5.74, 6) is 0.999. The first-order chi connectivity index (χ1) is 10.1. The Morgan fingerprint density at radius 3 is 2.76 bits per heavy atom. The Morgan fingerprint density at radius 1 is 1.38 bits per heavy atom. The molecule has 4 heteroatoms. The van der Waals surface area contributed by atoms with Gasteiger partial charge in [0.15, 0.2) is 0 Å². The van der Waals surface area contributed by atoms with Crippen LogP contribution < -0.4 is 10.1 Å². The van der Waals surface area contributed by atoms with Crippen molar-refractivity contribution >= 4 is 5.91 Å². The standard InChI is InChI=1S/C17H26N2O2/c1-5-6-9-12(2)19-16(18-13(3)17(19)20)14-10-7-8-11-15(14)21-4/h7-8,10-13,16,18H,5-6,9H2,1-4H3. The van der Waals surface area contributed by atoms with Crippen LogP contribution in [0.4, 0.5) is 0 Å². The van der Waals surface area contributed by atoms with Gasteiger partial charge in [-0.1, -0.05) is 38.0 Å². The summed E-state index contributed by atoms with van der Waals surface area (Å²) in [4.78, 5) is 14.5. The zero-order valence-electron chi connectivity index (χ0n) is 13.4. The van der Waals surface area contributed by atoms with E-state index in [1.54, 1.807) is 7.11 Å². The lowest BCUT2D eigenvalue weighted by Crippen LogP contribution is -2.38. The van der Waals surface area contributed by atoms with E-state index in [1.807, 2.05) is 36.1 Å². The van der Waals surface area contributed by atoms with Crippen molar-refractivity contribution in [1.82, 2.24) is 10.2 Å². The molecule has 1 aliphatic rings. The van der Waals surface area contributed by atoms with E-state index < -0.39 is 0 Å². The number of hydrogen-bond acceptors (Lipinski definition) is 3. The summed E-state index contributed by atoms with van der Waals surface area (Å²) in [6, 6.07) is 7.99. The Morgan fingerprint density at radius 2 is 2.10 bits per heavy atom. The minimum absolute atomic E-state index is 0.101. The number of carbonyl (C=O) groups excluding carboxylic acids is 1. The van der Waals surface area contributed by atoms with E-state index in [1.165, 1.54) is 0 Å². The van der Waals surface area contributed by atoms with Crippen LogP contribution in [0.5, 0.6) is 5.75 Å². The molecule has 1 aromatic carbocycles. The highest BCUT2D eigenvalue weighted by atomic mass is 16.5. The number of benzene rings is 1. The third kappa shape index (κ3) is 3.21. The fourth-order valence-corrected chi connectivity index (χ4v) is 2.98. The van der Waals surface area contributed by atoms with Crippen molar-refractivity contribution in [3.8, 4) is 5.75 Å². The van der Waals surface area contributed by atoms with E-state index in [-0.39, 0.29) is 24.2 Å². The van der Waals surface area contributed by atoms with E-state index in [0.29, 0.717) is 0 Å². The molecule has 1 aromatic rings. The fraction of sp³-hybridized carbons (Fsp3) is 0.588. The average molecular weight is 290 g/mol. The summed E-state index contributed by atoms with van der Waals surface area (Å²) in [6.45, 7) is 6.24. The van der Waals surface area contributed by atoms with Gasteiger partial charge in [-0.05, 0) is 26.3 Å². The monoisotopic (exact) mass is 290 g/mol. The fourth-order valence-electron chi connectivity index (χ4n) is 2.98. The molecule has 1 saturated heterocycles. The maximum absolute atomic E-state index is 12.5. The molecule has 0 bridgehead atoms. The van der Waals surface area contributed by atoms with Gasteiger partial charge in [-0.25, -0.2) is 0 Å². The predicted molar refractivity (Wildman–Crippen MR) is 84.2 cm³/mol. The number of para-hydroxylation sites is 1. The van der Waals surface area contributed by atoms with Gasteiger partial charge < -0.3 is 9.64 Å². The van der Waals surface area contributed by atoms with E-state index in [2.05, 4.69) is 19.2 Å². The van der Waals surface area contributed by atoms with Crippen molar-refractivity contribution in [2.24, 2.45) is 0 Å². The molecule has 0 aliphatic carbocycles. The van der Waals surface area contributed by atoms with Gasteiger partial charge in [-0.3, -0.25) is 10.1 Å². The third-order valence-corrected chi connectivity index (χ3v) is 4.19. The zero-order chi connectivity index (χ0) is 15.4. The van der Waals surface area contributed by atoms with Gasteiger partial charge in [0.05, 0.1) is 13.2 Å². The maximum atomic E-state index is 12.5. The second-order valence-electron chi connectivity index (χ2n) is 5.77. The summed E-state index contributed by atoms with van der Waals surface area (Å²) in [5, 5.41) is 3.40. The number of carbonyl (C=O) groups is 1. The SMILES string of the molecule is CCCCC(C)N1C(=O)C(C)NC1c1ccccc1OC. The van der Waals surface area contributed by atoms with Crippen LogP contribution >= 0.6 is 0 Å². The zero-order valence-corrected chi connectivity index (χ0v) is 13.4. The first-order valence-corrected chi connectivity index (χ1v) is 7.81. The molecule has 0 spiro atoms. The lowest BCUT2D eigenvalue weighted by Gasteiger charge is -2.31. The van der Waals surface area contributed by atoms with Crippen molar-refractivity contribution in [1.29, 1.82) is 0 Å². The maximum Gasteiger partial charge on any atom is 0.241 e. The van der Waals surface area contributed by atoms with E-state index in [4.69, 9.17) is 4.74 Å². The Balaban J connectivity index is 2.29. The summed E-state index contributed by atoms with van der Waals surface area (Å²) >= 11 is 0. The van der Waals surface area contributed by atoms with E-state index in [0.717, 1.165) is 30.6 Å². The molecular formula is C17H26N2O2. The van der Waals surface area contributed by atoms with Crippen molar-refractivity contribution in [3.63, 3.8) is 0 Å². The number of nitrogens with zero attached hydrogens (tertiary/aromatic N) is 1. The van der Waals surface area contributed by atoms with Crippen molar-refractivity contribution in [2.75, 3.05) is 7.11 Å². The van der Waals surface area contributed by atoms with Crippen LogP contribution in [0.15, 0.2) is 24.3 Å². The molecule has 1 N–H and O–H groups in total.